The van der Waals surface area contributed by atoms with E-state index in [9.17, 15) is 18.8 Å². The number of fused-ring (bicyclic) bond motifs is 6. The van der Waals surface area contributed by atoms with Gasteiger partial charge >= 0.3 is 0 Å². The maximum atomic E-state index is 14.4. The van der Waals surface area contributed by atoms with Gasteiger partial charge in [0.2, 0.25) is 5.91 Å². The highest BCUT2D eigenvalue weighted by Crippen LogP contribution is 2.57. The molecule has 180 valence electrons. The zero-order chi connectivity index (χ0) is 25.2. The van der Waals surface area contributed by atoms with Crippen molar-refractivity contribution in [3.05, 3.63) is 95.3 Å². The Balaban J connectivity index is 1.65. The molecule has 3 aliphatic rings. The van der Waals surface area contributed by atoms with Crippen LogP contribution in [-0.4, -0.2) is 36.7 Å². The summed E-state index contributed by atoms with van der Waals surface area (Å²) >= 11 is 0. The number of halogens is 1. The Kier molecular flexibility index (Phi) is 4.86. The summed E-state index contributed by atoms with van der Waals surface area (Å²) in [6.07, 6.45) is 3.59. The number of benzene rings is 3. The molecule has 1 spiro atoms. The average Bonchev–Trinajstić information content (AvgIpc) is 3.36. The van der Waals surface area contributed by atoms with Gasteiger partial charge in [0, 0.05) is 22.5 Å². The van der Waals surface area contributed by atoms with E-state index < -0.39 is 29.2 Å². The number of nitrogens with one attached hydrogen (secondary N) is 1. The van der Waals surface area contributed by atoms with Crippen LogP contribution in [0.15, 0.2) is 72.8 Å². The van der Waals surface area contributed by atoms with Crippen LogP contribution < -0.4 is 15.0 Å². The molecule has 0 radical (unpaired) electrons. The minimum Gasteiger partial charge on any atom is -0.497 e. The first-order chi connectivity index (χ1) is 17.4. The molecule has 6 rings (SSSR count). The smallest absolute Gasteiger partial charge is 0.238 e. The molecule has 1 saturated heterocycles. The number of hydrogen-bond donors (Lipinski definition) is 1. The van der Waals surface area contributed by atoms with Crippen molar-refractivity contribution >= 4 is 34.9 Å². The molecule has 0 saturated carbocycles. The topological polar surface area (TPSA) is 75.7 Å². The Bertz CT molecular complexity index is 1480. The van der Waals surface area contributed by atoms with Crippen LogP contribution in [0.4, 0.5) is 15.8 Å². The molecular formula is C29H23FN2O4. The molecule has 1 N–H and O–H groups in total. The summed E-state index contributed by atoms with van der Waals surface area (Å²) < 4.78 is 19.4. The lowest BCUT2D eigenvalue weighted by molar-refractivity contribution is -0.122. The second kappa shape index (κ2) is 7.88. The molecule has 6 nitrogen and oxygen atoms in total. The Labute approximate surface area is 207 Å². The van der Waals surface area contributed by atoms with E-state index in [1.54, 1.807) is 42.5 Å². The first kappa shape index (κ1) is 22.2. The Hall–Kier alpha value is -4.26. The van der Waals surface area contributed by atoms with Crippen LogP contribution in [0.1, 0.15) is 28.4 Å². The summed E-state index contributed by atoms with van der Waals surface area (Å²) in [7, 11) is 1.51. The SMILES string of the molecule is COc1cccc(C(=O)[C@@H]2[C@H](C(C)=O)N3c4ccc(F)cc4C=C[C@@H]3[C@]23C(=O)Nc2ccccc23)c1. The van der Waals surface area contributed by atoms with Gasteiger partial charge in [-0.15, -0.1) is 0 Å². The molecule has 0 aromatic heterocycles. The predicted molar refractivity (Wildman–Crippen MR) is 134 cm³/mol. The Morgan fingerprint density at radius 2 is 1.86 bits per heavy atom. The Morgan fingerprint density at radius 3 is 2.64 bits per heavy atom. The van der Waals surface area contributed by atoms with E-state index >= 15 is 0 Å². The van der Waals surface area contributed by atoms with Crippen molar-refractivity contribution in [2.45, 2.75) is 24.4 Å². The normalized spacial score (nSPS) is 25.2. The predicted octanol–water partition coefficient (Wildman–Crippen LogP) is 4.40. The van der Waals surface area contributed by atoms with Crippen LogP contribution in [-0.2, 0) is 15.0 Å². The molecule has 1 fully saturated rings. The highest BCUT2D eigenvalue weighted by molar-refractivity contribution is 6.16. The standard InChI is InChI=1S/C29H23FN2O4/c1-16(33)26-25(27(34)18-6-5-7-20(15-18)36-2)29(21-8-3-4-9-22(21)31-28(29)35)24-13-10-17-14-19(30)11-12-23(17)32(24)26/h3-15,24-26H,1-2H3,(H,31,35)/t24-,25+,26+,29+/m1/s1. The number of para-hydroxylation sites is 1. The van der Waals surface area contributed by atoms with Crippen LogP contribution in [0.3, 0.4) is 0 Å². The second-order valence-electron chi connectivity index (χ2n) is 9.41. The third kappa shape index (κ3) is 2.86. The van der Waals surface area contributed by atoms with Gasteiger partial charge in [0.15, 0.2) is 11.6 Å². The Morgan fingerprint density at radius 1 is 1.06 bits per heavy atom. The van der Waals surface area contributed by atoms with Gasteiger partial charge in [0.25, 0.3) is 0 Å². The number of ether oxygens (including phenoxy) is 1. The summed E-state index contributed by atoms with van der Waals surface area (Å²) in [6.45, 7) is 1.44. The number of carbonyl (C=O) groups excluding carboxylic acids is 3. The van der Waals surface area contributed by atoms with Crippen molar-refractivity contribution in [3.63, 3.8) is 0 Å². The third-order valence-electron chi connectivity index (χ3n) is 7.65. The number of carbonyl (C=O) groups is 3. The van der Waals surface area contributed by atoms with Gasteiger partial charge < -0.3 is 15.0 Å². The largest absolute Gasteiger partial charge is 0.497 e. The fourth-order valence-electron chi connectivity index (χ4n) is 6.26. The first-order valence-electron chi connectivity index (χ1n) is 11.7. The fourth-order valence-corrected chi connectivity index (χ4v) is 6.26. The monoisotopic (exact) mass is 482 g/mol. The van der Waals surface area contributed by atoms with Crippen molar-refractivity contribution < 1.29 is 23.5 Å². The first-order valence-corrected chi connectivity index (χ1v) is 11.7. The summed E-state index contributed by atoms with van der Waals surface area (Å²) in [6, 6.07) is 16.8. The van der Waals surface area contributed by atoms with Crippen LogP contribution in [0, 0.1) is 11.7 Å². The van der Waals surface area contributed by atoms with Gasteiger partial charge in [0.05, 0.1) is 25.1 Å². The lowest BCUT2D eigenvalue weighted by atomic mass is 9.64. The van der Waals surface area contributed by atoms with Gasteiger partial charge in [-0.25, -0.2) is 4.39 Å². The van der Waals surface area contributed by atoms with Crippen molar-refractivity contribution in [1.29, 1.82) is 0 Å². The zero-order valence-electron chi connectivity index (χ0n) is 19.7. The van der Waals surface area contributed by atoms with E-state index in [2.05, 4.69) is 5.32 Å². The quantitative estimate of drug-likeness (QED) is 0.558. The summed E-state index contributed by atoms with van der Waals surface area (Å²) in [5.74, 6) is -1.84. The molecular weight excluding hydrogens is 459 g/mol. The van der Waals surface area contributed by atoms with Gasteiger partial charge in [0.1, 0.15) is 17.0 Å². The van der Waals surface area contributed by atoms with E-state index in [-0.39, 0.29) is 17.5 Å². The van der Waals surface area contributed by atoms with Crippen molar-refractivity contribution in [3.8, 4) is 5.75 Å². The van der Waals surface area contributed by atoms with E-state index in [1.807, 2.05) is 29.2 Å². The maximum absolute atomic E-state index is 14.4. The van der Waals surface area contributed by atoms with E-state index in [1.165, 1.54) is 26.2 Å². The molecule has 0 bridgehead atoms. The summed E-state index contributed by atoms with van der Waals surface area (Å²) in [5, 5.41) is 2.97. The van der Waals surface area contributed by atoms with E-state index in [0.29, 0.717) is 33.8 Å². The van der Waals surface area contributed by atoms with E-state index in [0.717, 1.165) is 0 Å². The maximum Gasteiger partial charge on any atom is 0.238 e. The second-order valence-corrected chi connectivity index (χ2v) is 9.41. The number of rotatable bonds is 4. The number of hydrogen-bond acceptors (Lipinski definition) is 5. The lowest BCUT2D eigenvalue weighted by Crippen LogP contribution is -2.51. The minimum absolute atomic E-state index is 0.249. The molecule has 3 aromatic carbocycles. The highest BCUT2D eigenvalue weighted by Gasteiger charge is 2.69. The highest BCUT2D eigenvalue weighted by atomic mass is 19.1. The number of nitrogens with zero attached hydrogens (tertiary/aromatic N) is 1. The molecule has 3 heterocycles. The van der Waals surface area contributed by atoms with Crippen LogP contribution >= 0.6 is 0 Å². The fraction of sp³-hybridized carbons (Fsp3) is 0.207. The summed E-state index contributed by atoms with van der Waals surface area (Å²) in [4.78, 5) is 43.5. The number of ketones is 2. The molecule has 3 aliphatic heterocycles. The molecule has 4 atom stereocenters. The lowest BCUT2D eigenvalue weighted by Gasteiger charge is -2.37. The molecule has 7 heteroatoms. The van der Waals surface area contributed by atoms with Gasteiger partial charge in [-0.3, -0.25) is 14.4 Å². The molecule has 3 aromatic rings. The van der Waals surface area contributed by atoms with Crippen molar-refractivity contribution in [1.82, 2.24) is 0 Å². The van der Waals surface area contributed by atoms with Gasteiger partial charge in [-0.1, -0.05) is 42.5 Å². The average molecular weight is 483 g/mol. The number of amides is 1. The van der Waals surface area contributed by atoms with Crippen LogP contribution in [0.25, 0.3) is 6.08 Å². The number of anilines is 2. The van der Waals surface area contributed by atoms with Gasteiger partial charge in [-0.2, -0.15) is 0 Å². The summed E-state index contributed by atoms with van der Waals surface area (Å²) in [5.41, 5.74) is 1.48. The third-order valence-corrected chi connectivity index (χ3v) is 7.65. The van der Waals surface area contributed by atoms with E-state index in [4.69, 9.17) is 4.74 Å². The molecule has 0 unspecified atom stereocenters. The van der Waals surface area contributed by atoms with Crippen LogP contribution in [0.2, 0.25) is 0 Å². The van der Waals surface area contributed by atoms with Crippen molar-refractivity contribution in [2.24, 2.45) is 5.92 Å². The van der Waals surface area contributed by atoms with Gasteiger partial charge in [-0.05, 0) is 48.9 Å². The number of Topliss-reactive ketones (excluding diaryl/α,β-unsaturated/α-hetero) is 2. The van der Waals surface area contributed by atoms with Crippen LogP contribution in [0.5, 0.6) is 5.75 Å². The molecule has 1 amide bonds. The molecule has 36 heavy (non-hydrogen) atoms. The number of methoxy groups -OCH3 is 1. The zero-order valence-corrected chi connectivity index (χ0v) is 19.7. The molecule has 0 aliphatic carbocycles. The van der Waals surface area contributed by atoms with Crippen molar-refractivity contribution in [2.75, 3.05) is 17.3 Å². The minimum atomic E-state index is -1.37.